The summed E-state index contributed by atoms with van der Waals surface area (Å²) in [7, 11) is 0. The van der Waals surface area contributed by atoms with Crippen LogP contribution in [0.15, 0.2) is 36.4 Å². The molecule has 3 nitrogen and oxygen atoms in total. The number of phenols is 1. The Morgan fingerprint density at radius 1 is 1.29 bits per heavy atom. The lowest BCUT2D eigenvalue weighted by Gasteiger charge is -2.07. The standard InChI is InChI=1S/C18H22N2O/c1-5-7-14(8-6-2)15-11-16(20-19-15)18-13(4)9-12(3)10-17(18)21/h5,7-11,21H,6H2,1-4H3,(H,19,20)/b7-5-,14-8+. The van der Waals surface area contributed by atoms with Gasteiger partial charge in [0.1, 0.15) is 5.75 Å². The van der Waals surface area contributed by atoms with Crippen LogP contribution < -0.4 is 0 Å². The molecule has 0 aliphatic heterocycles. The average molecular weight is 282 g/mol. The third-order valence-electron chi connectivity index (χ3n) is 3.37. The molecule has 0 atom stereocenters. The molecule has 2 N–H and O–H groups in total. The van der Waals surface area contributed by atoms with E-state index in [0.29, 0.717) is 0 Å². The van der Waals surface area contributed by atoms with Crippen molar-refractivity contribution in [1.82, 2.24) is 10.2 Å². The lowest BCUT2D eigenvalue weighted by Crippen LogP contribution is -1.86. The largest absolute Gasteiger partial charge is 0.507 e. The second-order valence-electron chi connectivity index (χ2n) is 5.21. The Labute approximate surface area is 126 Å². The normalized spacial score (nSPS) is 12.3. The number of aromatic amines is 1. The minimum atomic E-state index is 0.287. The Bertz CT molecular complexity index is 670. The van der Waals surface area contributed by atoms with Crippen LogP contribution in [0.3, 0.4) is 0 Å². The number of aryl methyl sites for hydroxylation is 2. The number of nitrogens with one attached hydrogen (secondary N) is 1. The number of phenolic OH excluding ortho intramolecular Hbond substituents is 1. The van der Waals surface area contributed by atoms with Crippen LogP contribution in [-0.4, -0.2) is 15.3 Å². The second-order valence-corrected chi connectivity index (χ2v) is 5.21. The van der Waals surface area contributed by atoms with Gasteiger partial charge in [0.05, 0.1) is 11.4 Å². The van der Waals surface area contributed by atoms with Crippen molar-refractivity contribution >= 4 is 5.57 Å². The molecule has 0 aliphatic carbocycles. The Morgan fingerprint density at radius 3 is 2.67 bits per heavy atom. The van der Waals surface area contributed by atoms with Crippen molar-refractivity contribution in [2.75, 3.05) is 0 Å². The Morgan fingerprint density at radius 2 is 2.05 bits per heavy atom. The highest BCUT2D eigenvalue weighted by molar-refractivity contribution is 5.77. The molecule has 0 radical (unpaired) electrons. The first-order chi connectivity index (χ1) is 10.1. The number of aromatic nitrogens is 2. The average Bonchev–Trinajstić information content (AvgIpc) is 2.86. The van der Waals surface area contributed by atoms with E-state index >= 15 is 0 Å². The molecular weight excluding hydrogens is 260 g/mol. The molecule has 1 heterocycles. The second kappa shape index (κ2) is 6.44. The van der Waals surface area contributed by atoms with Crippen molar-refractivity contribution in [1.29, 1.82) is 0 Å². The van der Waals surface area contributed by atoms with Gasteiger partial charge in [0.15, 0.2) is 0 Å². The number of hydrogen-bond donors (Lipinski definition) is 2. The Hall–Kier alpha value is -2.29. The van der Waals surface area contributed by atoms with Gasteiger partial charge in [-0.1, -0.05) is 31.2 Å². The molecule has 0 saturated carbocycles. The fourth-order valence-corrected chi connectivity index (χ4v) is 2.55. The van der Waals surface area contributed by atoms with Gasteiger partial charge < -0.3 is 5.11 Å². The molecule has 2 rings (SSSR count). The number of benzene rings is 1. The molecule has 110 valence electrons. The summed E-state index contributed by atoms with van der Waals surface area (Å²) in [5.41, 5.74) is 5.72. The number of H-pyrrole nitrogens is 1. The molecule has 2 aromatic rings. The quantitative estimate of drug-likeness (QED) is 0.794. The van der Waals surface area contributed by atoms with Crippen LogP contribution >= 0.6 is 0 Å². The van der Waals surface area contributed by atoms with Gasteiger partial charge in [-0.15, -0.1) is 0 Å². The van der Waals surface area contributed by atoms with Crippen molar-refractivity contribution in [2.24, 2.45) is 0 Å². The first kappa shape index (κ1) is 15.1. The molecule has 0 saturated heterocycles. The van der Waals surface area contributed by atoms with Crippen molar-refractivity contribution < 1.29 is 5.11 Å². The van der Waals surface area contributed by atoms with Crippen LogP contribution in [0.25, 0.3) is 16.8 Å². The first-order valence-corrected chi connectivity index (χ1v) is 7.26. The fourth-order valence-electron chi connectivity index (χ4n) is 2.55. The van der Waals surface area contributed by atoms with Crippen LogP contribution in [-0.2, 0) is 0 Å². The van der Waals surface area contributed by atoms with Crippen molar-refractivity contribution in [3.8, 4) is 17.0 Å². The number of hydrogen-bond acceptors (Lipinski definition) is 2. The molecule has 0 fully saturated rings. The molecule has 0 aliphatic rings. The van der Waals surface area contributed by atoms with E-state index in [1.807, 2.05) is 39.0 Å². The molecule has 0 amide bonds. The summed E-state index contributed by atoms with van der Waals surface area (Å²) >= 11 is 0. The summed E-state index contributed by atoms with van der Waals surface area (Å²) in [6.07, 6.45) is 7.15. The molecule has 3 heteroatoms. The zero-order valence-corrected chi connectivity index (χ0v) is 13.1. The van der Waals surface area contributed by atoms with Crippen molar-refractivity contribution in [3.63, 3.8) is 0 Å². The van der Waals surface area contributed by atoms with Crippen LogP contribution in [0.5, 0.6) is 5.75 Å². The van der Waals surface area contributed by atoms with E-state index in [1.165, 1.54) is 0 Å². The molecule has 0 spiro atoms. The number of allylic oxidation sites excluding steroid dienone is 4. The summed E-state index contributed by atoms with van der Waals surface area (Å²) in [6.45, 7) is 8.07. The van der Waals surface area contributed by atoms with E-state index in [1.54, 1.807) is 6.07 Å². The van der Waals surface area contributed by atoms with E-state index < -0.39 is 0 Å². The monoisotopic (exact) mass is 282 g/mol. The maximum Gasteiger partial charge on any atom is 0.125 e. The van der Waals surface area contributed by atoms with Gasteiger partial charge in [0.2, 0.25) is 0 Å². The van der Waals surface area contributed by atoms with Crippen LogP contribution in [0, 0.1) is 13.8 Å². The lowest BCUT2D eigenvalue weighted by atomic mass is 10.0. The van der Waals surface area contributed by atoms with Gasteiger partial charge in [-0.05, 0) is 56.0 Å². The molecule has 0 unspecified atom stereocenters. The van der Waals surface area contributed by atoms with Gasteiger partial charge in [-0.3, -0.25) is 5.10 Å². The minimum Gasteiger partial charge on any atom is -0.507 e. The molecule has 1 aromatic heterocycles. The molecule has 1 aromatic carbocycles. The number of nitrogens with zero attached hydrogens (tertiary/aromatic N) is 1. The number of rotatable bonds is 4. The SMILES string of the molecule is C/C=C\C(=C/CC)c1cc(-c2c(C)cc(C)cc2O)[nH]n1. The molecule has 21 heavy (non-hydrogen) atoms. The zero-order chi connectivity index (χ0) is 15.4. The van der Waals surface area contributed by atoms with E-state index in [0.717, 1.165) is 40.1 Å². The predicted molar refractivity (Wildman–Crippen MR) is 88.2 cm³/mol. The summed E-state index contributed by atoms with van der Waals surface area (Å²) in [6, 6.07) is 5.82. The van der Waals surface area contributed by atoms with E-state index in [-0.39, 0.29) is 5.75 Å². The van der Waals surface area contributed by atoms with E-state index in [4.69, 9.17) is 0 Å². The molecule has 0 bridgehead atoms. The van der Waals surface area contributed by atoms with Crippen LogP contribution in [0.1, 0.15) is 37.1 Å². The number of aromatic hydroxyl groups is 1. The van der Waals surface area contributed by atoms with E-state index in [9.17, 15) is 5.11 Å². The van der Waals surface area contributed by atoms with Gasteiger partial charge in [-0.2, -0.15) is 5.10 Å². The van der Waals surface area contributed by atoms with Crippen LogP contribution in [0.4, 0.5) is 0 Å². The Kier molecular flexibility index (Phi) is 4.63. The maximum absolute atomic E-state index is 10.2. The first-order valence-electron chi connectivity index (χ1n) is 7.26. The van der Waals surface area contributed by atoms with E-state index in [2.05, 4.69) is 29.3 Å². The highest BCUT2D eigenvalue weighted by atomic mass is 16.3. The highest BCUT2D eigenvalue weighted by Crippen LogP contribution is 2.33. The van der Waals surface area contributed by atoms with Gasteiger partial charge in [0, 0.05) is 5.56 Å². The summed E-state index contributed by atoms with van der Waals surface area (Å²) < 4.78 is 0. The van der Waals surface area contributed by atoms with Crippen molar-refractivity contribution in [3.05, 3.63) is 53.2 Å². The van der Waals surface area contributed by atoms with Crippen molar-refractivity contribution in [2.45, 2.75) is 34.1 Å². The summed E-state index contributed by atoms with van der Waals surface area (Å²) in [5.74, 6) is 0.287. The zero-order valence-electron chi connectivity index (χ0n) is 13.1. The van der Waals surface area contributed by atoms with Gasteiger partial charge in [0.25, 0.3) is 0 Å². The Balaban J connectivity index is 2.48. The lowest BCUT2D eigenvalue weighted by molar-refractivity contribution is 0.476. The van der Waals surface area contributed by atoms with Gasteiger partial charge in [-0.25, -0.2) is 0 Å². The summed E-state index contributed by atoms with van der Waals surface area (Å²) in [4.78, 5) is 0. The summed E-state index contributed by atoms with van der Waals surface area (Å²) in [5, 5.41) is 17.6. The smallest absolute Gasteiger partial charge is 0.125 e. The van der Waals surface area contributed by atoms with Gasteiger partial charge >= 0.3 is 0 Å². The topological polar surface area (TPSA) is 48.9 Å². The highest BCUT2D eigenvalue weighted by Gasteiger charge is 2.12. The fraction of sp³-hybridized carbons (Fsp3) is 0.278. The third-order valence-corrected chi connectivity index (χ3v) is 3.37. The third kappa shape index (κ3) is 3.24. The minimum absolute atomic E-state index is 0.287. The maximum atomic E-state index is 10.2. The molecular formula is C18H22N2O. The van der Waals surface area contributed by atoms with Crippen LogP contribution in [0.2, 0.25) is 0 Å². The predicted octanol–water partition coefficient (Wildman–Crippen LogP) is 4.77.